The summed E-state index contributed by atoms with van der Waals surface area (Å²) >= 11 is 5.77. The van der Waals surface area contributed by atoms with Crippen molar-refractivity contribution in [3.8, 4) is 0 Å². The molecule has 1 rings (SSSR count). The van der Waals surface area contributed by atoms with E-state index in [0.717, 1.165) is 31.4 Å². The predicted octanol–water partition coefficient (Wildman–Crippen LogP) is 3.70. The number of hydrogen-bond acceptors (Lipinski definition) is 3. The number of nitrogens with two attached hydrogens (primary N) is 1. The van der Waals surface area contributed by atoms with Gasteiger partial charge >= 0.3 is 0 Å². The Hall–Kier alpha value is -0.850. The number of rotatable bonds is 9. The van der Waals surface area contributed by atoms with E-state index in [2.05, 4.69) is 11.6 Å². The van der Waals surface area contributed by atoms with E-state index < -0.39 is 15.8 Å². The molecule has 0 aromatic heterocycles. The van der Waals surface area contributed by atoms with E-state index in [1.165, 1.54) is 19.3 Å². The minimum absolute atomic E-state index is 0.169. The van der Waals surface area contributed by atoms with Gasteiger partial charge in [-0.1, -0.05) is 50.6 Å². The van der Waals surface area contributed by atoms with Crippen LogP contribution in [0.25, 0.3) is 0 Å². The number of sulfonamides is 1. The highest BCUT2D eigenvalue weighted by Gasteiger charge is 2.19. The van der Waals surface area contributed by atoms with Gasteiger partial charge in [-0.3, -0.25) is 0 Å². The lowest BCUT2D eigenvalue weighted by molar-refractivity contribution is 0.567. The average Bonchev–Trinajstić information content (AvgIpc) is 2.41. The molecule has 0 aliphatic rings. The van der Waals surface area contributed by atoms with Gasteiger partial charge in [0, 0.05) is 6.54 Å². The highest BCUT2D eigenvalue weighted by atomic mass is 35.5. The van der Waals surface area contributed by atoms with Crippen molar-refractivity contribution in [3.05, 3.63) is 23.0 Å². The second-order valence-corrected chi connectivity index (χ2v) is 7.11. The molecule has 21 heavy (non-hydrogen) atoms. The standard InChI is InChI=1S/C14H22ClFN2O2S/c1-2-3-4-5-6-7-8-18-21(19,20)14-10-13(17)12(16)9-11(14)15/h9-10,18H,2-8,17H2,1H3. The summed E-state index contributed by atoms with van der Waals surface area (Å²) in [4.78, 5) is -0.186. The zero-order chi connectivity index (χ0) is 15.9. The van der Waals surface area contributed by atoms with Gasteiger partial charge in [0.05, 0.1) is 10.7 Å². The molecular weight excluding hydrogens is 315 g/mol. The largest absolute Gasteiger partial charge is 0.396 e. The fourth-order valence-corrected chi connectivity index (χ4v) is 3.56. The third-order valence-corrected chi connectivity index (χ3v) is 5.09. The van der Waals surface area contributed by atoms with Crippen molar-refractivity contribution in [3.63, 3.8) is 0 Å². The molecule has 3 N–H and O–H groups in total. The lowest BCUT2D eigenvalue weighted by atomic mass is 10.1. The van der Waals surface area contributed by atoms with E-state index in [1.807, 2.05) is 0 Å². The normalized spacial score (nSPS) is 11.8. The van der Waals surface area contributed by atoms with Crippen LogP contribution in [0.3, 0.4) is 0 Å². The zero-order valence-electron chi connectivity index (χ0n) is 12.2. The fraction of sp³-hybridized carbons (Fsp3) is 0.571. The van der Waals surface area contributed by atoms with Gasteiger partial charge in [0.2, 0.25) is 10.0 Å². The second-order valence-electron chi connectivity index (χ2n) is 4.97. The highest BCUT2D eigenvalue weighted by molar-refractivity contribution is 7.89. The van der Waals surface area contributed by atoms with Crippen molar-refractivity contribution >= 4 is 27.3 Å². The third-order valence-electron chi connectivity index (χ3n) is 3.16. The summed E-state index contributed by atoms with van der Waals surface area (Å²) in [5, 5.41) is -0.169. The van der Waals surface area contributed by atoms with Crippen LogP contribution >= 0.6 is 11.6 Å². The number of hydrogen-bond donors (Lipinski definition) is 2. The van der Waals surface area contributed by atoms with Crippen molar-refractivity contribution < 1.29 is 12.8 Å². The third kappa shape index (κ3) is 5.80. The minimum atomic E-state index is -3.76. The Bertz CT molecular complexity index is 564. The summed E-state index contributed by atoms with van der Waals surface area (Å²) in [6.45, 7) is 2.48. The molecule has 7 heteroatoms. The second kappa shape index (κ2) is 8.56. The van der Waals surface area contributed by atoms with E-state index in [9.17, 15) is 12.8 Å². The smallest absolute Gasteiger partial charge is 0.242 e. The molecule has 0 amide bonds. The van der Waals surface area contributed by atoms with Crippen LogP contribution in [0.15, 0.2) is 17.0 Å². The monoisotopic (exact) mass is 336 g/mol. The van der Waals surface area contributed by atoms with Gasteiger partial charge in [-0.25, -0.2) is 17.5 Å². The molecule has 0 saturated heterocycles. The maximum Gasteiger partial charge on any atom is 0.242 e. The average molecular weight is 337 g/mol. The first-order chi connectivity index (χ1) is 9.88. The van der Waals surface area contributed by atoms with E-state index in [1.54, 1.807) is 0 Å². The Morgan fingerprint density at radius 3 is 2.48 bits per heavy atom. The number of anilines is 1. The quantitative estimate of drug-likeness (QED) is 0.533. The van der Waals surface area contributed by atoms with Crippen LogP contribution in [-0.2, 0) is 10.0 Å². The van der Waals surface area contributed by atoms with Gasteiger partial charge in [0.1, 0.15) is 10.7 Å². The van der Waals surface area contributed by atoms with Gasteiger partial charge in [0.25, 0.3) is 0 Å². The molecule has 120 valence electrons. The molecule has 1 aromatic carbocycles. The van der Waals surface area contributed by atoms with Crippen molar-refractivity contribution in [2.45, 2.75) is 50.3 Å². The van der Waals surface area contributed by atoms with Crippen molar-refractivity contribution in [1.29, 1.82) is 0 Å². The Morgan fingerprint density at radius 2 is 1.81 bits per heavy atom. The molecule has 4 nitrogen and oxygen atoms in total. The molecule has 0 unspecified atom stereocenters. The lowest BCUT2D eigenvalue weighted by Crippen LogP contribution is -2.25. The molecular formula is C14H22ClFN2O2S. The minimum Gasteiger partial charge on any atom is -0.396 e. The van der Waals surface area contributed by atoms with Gasteiger partial charge in [-0.2, -0.15) is 0 Å². The van der Waals surface area contributed by atoms with E-state index in [0.29, 0.717) is 6.54 Å². The summed E-state index contributed by atoms with van der Waals surface area (Å²) in [6.07, 6.45) is 6.38. The van der Waals surface area contributed by atoms with Gasteiger partial charge in [0.15, 0.2) is 0 Å². The number of unbranched alkanes of at least 4 members (excludes halogenated alkanes) is 5. The molecule has 0 saturated carbocycles. The SMILES string of the molecule is CCCCCCCCNS(=O)(=O)c1cc(N)c(F)cc1Cl. The van der Waals surface area contributed by atoms with Gasteiger partial charge < -0.3 is 5.73 Å². The van der Waals surface area contributed by atoms with Gasteiger partial charge in [-0.05, 0) is 18.6 Å². The Balaban J connectivity index is 2.53. The molecule has 0 bridgehead atoms. The summed E-state index contributed by atoms with van der Waals surface area (Å²) in [6, 6.07) is 1.96. The molecule has 0 aliphatic carbocycles. The Kier molecular flexibility index (Phi) is 7.42. The number of nitrogen functional groups attached to an aromatic ring is 1. The van der Waals surface area contributed by atoms with E-state index >= 15 is 0 Å². The van der Waals surface area contributed by atoms with Crippen LogP contribution in [0.2, 0.25) is 5.02 Å². The van der Waals surface area contributed by atoms with Crippen LogP contribution in [0.5, 0.6) is 0 Å². The first kappa shape index (κ1) is 18.2. The predicted molar refractivity (Wildman–Crippen MR) is 84.4 cm³/mol. The molecule has 0 aliphatic heterocycles. The van der Waals surface area contributed by atoms with E-state index in [-0.39, 0.29) is 15.6 Å². The summed E-state index contributed by atoms with van der Waals surface area (Å²) in [7, 11) is -3.76. The number of halogens is 2. The molecule has 0 heterocycles. The maximum absolute atomic E-state index is 13.2. The van der Waals surface area contributed by atoms with E-state index in [4.69, 9.17) is 17.3 Å². The maximum atomic E-state index is 13.2. The van der Waals surface area contributed by atoms with Crippen LogP contribution in [0.1, 0.15) is 45.4 Å². The van der Waals surface area contributed by atoms with Crippen LogP contribution < -0.4 is 10.5 Å². The van der Waals surface area contributed by atoms with Crippen molar-refractivity contribution in [2.24, 2.45) is 0 Å². The first-order valence-corrected chi connectivity index (χ1v) is 8.98. The van der Waals surface area contributed by atoms with Crippen molar-refractivity contribution in [2.75, 3.05) is 12.3 Å². The lowest BCUT2D eigenvalue weighted by Gasteiger charge is -2.09. The number of benzene rings is 1. The van der Waals surface area contributed by atoms with Crippen LogP contribution in [0, 0.1) is 5.82 Å². The number of nitrogens with one attached hydrogen (secondary N) is 1. The summed E-state index contributed by atoms with van der Waals surface area (Å²) in [5.74, 6) is -0.727. The first-order valence-electron chi connectivity index (χ1n) is 7.12. The van der Waals surface area contributed by atoms with Crippen LogP contribution in [-0.4, -0.2) is 15.0 Å². The molecule has 0 radical (unpaired) electrons. The highest BCUT2D eigenvalue weighted by Crippen LogP contribution is 2.26. The topological polar surface area (TPSA) is 72.2 Å². The fourth-order valence-electron chi connectivity index (χ4n) is 1.94. The molecule has 1 aromatic rings. The molecule has 0 atom stereocenters. The molecule has 0 spiro atoms. The summed E-state index contributed by atoms with van der Waals surface area (Å²) < 4.78 is 39.8. The Labute approximate surface area is 130 Å². The zero-order valence-corrected chi connectivity index (χ0v) is 13.7. The Morgan fingerprint density at radius 1 is 1.19 bits per heavy atom. The molecule has 0 fully saturated rings. The van der Waals surface area contributed by atoms with Crippen LogP contribution in [0.4, 0.5) is 10.1 Å². The van der Waals surface area contributed by atoms with Gasteiger partial charge in [-0.15, -0.1) is 0 Å². The summed E-state index contributed by atoms with van der Waals surface area (Å²) in [5.41, 5.74) is 5.15. The van der Waals surface area contributed by atoms with Crippen molar-refractivity contribution in [1.82, 2.24) is 4.72 Å².